The van der Waals surface area contributed by atoms with Crippen LogP contribution in [0, 0.1) is 0 Å². The molecule has 1 nitrogen and oxygen atoms in total. The van der Waals surface area contributed by atoms with E-state index >= 15 is 0 Å². The van der Waals surface area contributed by atoms with Crippen LogP contribution in [-0.2, 0) is 6.42 Å². The summed E-state index contributed by atoms with van der Waals surface area (Å²) in [6, 6.07) is 4.18. The molecule has 0 radical (unpaired) electrons. The first kappa shape index (κ1) is 10.5. The fourth-order valence-electron chi connectivity index (χ4n) is 1.91. The molecule has 1 aromatic carbocycles. The second kappa shape index (κ2) is 4.23. The summed E-state index contributed by atoms with van der Waals surface area (Å²) >= 11 is 7.31. The molecule has 0 aliphatic heterocycles. The minimum atomic E-state index is 0.484. The maximum absolute atomic E-state index is 5.26. The van der Waals surface area contributed by atoms with Gasteiger partial charge in [-0.05, 0) is 42.5 Å². The van der Waals surface area contributed by atoms with Gasteiger partial charge in [0.1, 0.15) is 5.75 Å². The number of methoxy groups -OCH3 is 1. The second-order valence-electron chi connectivity index (χ2n) is 3.54. The summed E-state index contributed by atoms with van der Waals surface area (Å²) in [5, 5.41) is 0. The molecular weight excluding hydrogens is 308 g/mol. The van der Waals surface area contributed by atoms with Gasteiger partial charge in [-0.2, -0.15) is 0 Å². The number of hydrogen-bond acceptors (Lipinski definition) is 1. The summed E-state index contributed by atoms with van der Waals surface area (Å²) in [6.45, 7) is 0. The van der Waals surface area contributed by atoms with Gasteiger partial charge in [0.2, 0.25) is 0 Å². The van der Waals surface area contributed by atoms with Gasteiger partial charge in [-0.3, -0.25) is 0 Å². The molecule has 1 aliphatic rings. The first-order valence-electron chi connectivity index (χ1n) is 4.72. The first-order chi connectivity index (χ1) is 6.72. The van der Waals surface area contributed by atoms with Crippen molar-refractivity contribution in [2.45, 2.75) is 24.1 Å². The molecule has 1 aliphatic carbocycles. The number of rotatable bonds is 1. The van der Waals surface area contributed by atoms with Gasteiger partial charge < -0.3 is 4.74 Å². The van der Waals surface area contributed by atoms with Crippen LogP contribution in [0.5, 0.6) is 5.75 Å². The number of alkyl halides is 1. The smallest absolute Gasteiger partial charge is 0.120 e. The molecule has 76 valence electrons. The van der Waals surface area contributed by atoms with Crippen molar-refractivity contribution >= 4 is 31.9 Å². The lowest BCUT2D eigenvalue weighted by molar-refractivity contribution is 0.413. The third kappa shape index (κ3) is 1.84. The maximum atomic E-state index is 5.26. The molecule has 2 rings (SSSR count). The van der Waals surface area contributed by atoms with Gasteiger partial charge >= 0.3 is 0 Å². The van der Waals surface area contributed by atoms with Crippen molar-refractivity contribution in [1.29, 1.82) is 0 Å². The van der Waals surface area contributed by atoms with Crippen molar-refractivity contribution in [2.24, 2.45) is 0 Å². The number of fused-ring (bicyclic) bond motifs is 1. The summed E-state index contributed by atoms with van der Waals surface area (Å²) in [7, 11) is 1.71. The molecule has 1 atom stereocenters. The van der Waals surface area contributed by atoms with E-state index in [0.29, 0.717) is 4.83 Å². The van der Waals surface area contributed by atoms with Crippen LogP contribution >= 0.6 is 31.9 Å². The van der Waals surface area contributed by atoms with Crippen LogP contribution in [-0.4, -0.2) is 7.11 Å². The van der Waals surface area contributed by atoms with E-state index in [1.165, 1.54) is 34.9 Å². The first-order valence-corrected chi connectivity index (χ1v) is 6.43. The Morgan fingerprint density at radius 3 is 2.93 bits per heavy atom. The van der Waals surface area contributed by atoms with E-state index in [0.717, 1.165) is 5.75 Å². The molecule has 0 amide bonds. The van der Waals surface area contributed by atoms with Crippen LogP contribution < -0.4 is 4.74 Å². The van der Waals surface area contributed by atoms with Crippen molar-refractivity contribution in [1.82, 2.24) is 0 Å². The zero-order chi connectivity index (χ0) is 10.1. The lowest BCUT2D eigenvalue weighted by Crippen LogP contribution is -2.06. The Morgan fingerprint density at radius 2 is 2.21 bits per heavy atom. The average molecular weight is 320 g/mol. The normalized spacial score (nSPS) is 20.4. The van der Waals surface area contributed by atoms with Crippen molar-refractivity contribution in [3.8, 4) is 5.75 Å². The van der Waals surface area contributed by atoms with Gasteiger partial charge in [0.25, 0.3) is 0 Å². The zero-order valence-electron chi connectivity index (χ0n) is 8.02. The van der Waals surface area contributed by atoms with Gasteiger partial charge in [-0.15, -0.1) is 0 Å². The van der Waals surface area contributed by atoms with E-state index in [-0.39, 0.29) is 0 Å². The maximum Gasteiger partial charge on any atom is 0.120 e. The van der Waals surface area contributed by atoms with Crippen LogP contribution in [0.2, 0.25) is 0 Å². The topological polar surface area (TPSA) is 9.23 Å². The summed E-state index contributed by atoms with van der Waals surface area (Å²) in [5.74, 6) is 0.932. The van der Waals surface area contributed by atoms with Crippen LogP contribution in [0.1, 0.15) is 28.8 Å². The van der Waals surface area contributed by atoms with E-state index in [2.05, 4.69) is 37.9 Å². The van der Waals surface area contributed by atoms with Crippen molar-refractivity contribution < 1.29 is 4.74 Å². The Morgan fingerprint density at radius 1 is 1.43 bits per heavy atom. The molecule has 3 heteroatoms. The molecule has 0 aromatic heterocycles. The molecule has 0 N–H and O–H groups in total. The Labute approximate surface area is 101 Å². The van der Waals surface area contributed by atoms with Crippen LogP contribution in [0.3, 0.4) is 0 Å². The lowest BCUT2D eigenvalue weighted by Gasteiger charge is -2.22. The summed E-state index contributed by atoms with van der Waals surface area (Å²) in [4.78, 5) is 0.484. The molecule has 1 unspecified atom stereocenters. The number of ether oxygens (including phenoxy) is 1. The van der Waals surface area contributed by atoms with Crippen LogP contribution in [0.15, 0.2) is 16.6 Å². The molecule has 1 aromatic rings. The van der Waals surface area contributed by atoms with Crippen LogP contribution in [0.4, 0.5) is 0 Å². The van der Waals surface area contributed by atoms with E-state index in [9.17, 15) is 0 Å². The molecule has 0 saturated carbocycles. The highest BCUT2D eigenvalue weighted by molar-refractivity contribution is 9.10. The summed E-state index contributed by atoms with van der Waals surface area (Å²) < 4.78 is 6.44. The van der Waals surface area contributed by atoms with Gasteiger partial charge in [0.05, 0.1) is 7.11 Å². The molecule has 0 heterocycles. The second-order valence-corrected chi connectivity index (χ2v) is 5.50. The minimum Gasteiger partial charge on any atom is -0.497 e. The van der Waals surface area contributed by atoms with Crippen LogP contribution in [0.25, 0.3) is 0 Å². The highest BCUT2D eigenvalue weighted by Gasteiger charge is 2.20. The van der Waals surface area contributed by atoms with Gasteiger partial charge in [0.15, 0.2) is 0 Å². The predicted molar refractivity (Wildman–Crippen MR) is 65.3 cm³/mol. The van der Waals surface area contributed by atoms with Gasteiger partial charge in [0, 0.05) is 9.30 Å². The van der Waals surface area contributed by atoms with E-state index in [4.69, 9.17) is 4.74 Å². The quantitative estimate of drug-likeness (QED) is 0.704. The summed E-state index contributed by atoms with van der Waals surface area (Å²) in [5.41, 5.74) is 2.81. The predicted octanol–water partition coefficient (Wildman–Crippen LogP) is 4.23. The largest absolute Gasteiger partial charge is 0.497 e. The fraction of sp³-hybridized carbons (Fsp3) is 0.455. The fourth-order valence-corrected chi connectivity index (χ4v) is 3.29. The average Bonchev–Trinajstić information content (AvgIpc) is 2.19. The van der Waals surface area contributed by atoms with Crippen molar-refractivity contribution in [3.05, 3.63) is 27.7 Å². The highest BCUT2D eigenvalue weighted by Crippen LogP contribution is 2.41. The molecule has 0 fully saturated rings. The van der Waals surface area contributed by atoms with E-state index < -0.39 is 0 Å². The Kier molecular flexibility index (Phi) is 3.17. The van der Waals surface area contributed by atoms with E-state index in [1.807, 2.05) is 6.07 Å². The third-order valence-electron chi connectivity index (χ3n) is 2.66. The van der Waals surface area contributed by atoms with Crippen molar-refractivity contribution in [3.63, 3.8) is 0 Å². The standard InChI is InChI=1S/C11H12Br2O/c1-14-7-5-9-8(11(13)6-7)3-2-4-10(9)12/h5-6,10H,2-4H2,1H3. The Bertz CT molecular complexity index is 349. The monoisotopic (exact) mass is 318 g/mol. The zero-order valence-corrected chi connectivity index (χ0v) is 11.2. The van der Waals surface area contributed by atoms with Gasteiger partial charge in [-0.1, -0.05) is 31.9 Å². The molecule has 0 spiro atoms. The molecule has 0 saturated heterocycles. The Balaban J connectivity index is 2.51. The minimum absolute atomic E-state index is 0.484. The molecule has 0 bridgehead atoms. The Hall–Kier alpha value is -0.0200. The number of halogens is 2. The lowest BCUT2D eigenvalue weighted by atomic mass is 9.91. The third-order valence-corrected chi connectivity index (χ3v) is 4.32. The van der Waals surface area contributed by atoms with Crippen molar-refractivity contribution in [2.75, 3.05) is 7.11 Å². The molecule has 14 heavy (non-hydrogen) atoms. The highest BCUT2D eigenvalue weighted by atomic mass is 79.9. The molecular formula is C11H12Br2O. The SMILES string of the molecule is COc1cc(Br)c2c(c1)C(Br)CCC2. The summed E-state index contributed by atoms with van der Waals surface area (Å²) in [6.07, 6.45) is 3.64. The number of benzene rings is 1. The van der Waals surface area contributed by atoms with E-state index in [1.54, 1.807) is 7.11 Å². The van der Waals surface area contributed by atoms with Gasteiger partial charge in [-0.25, -0.2) is 0 Å². The number of hydrogen-bond donors (Lipinski definition) is 0.